The Morgan fingerprint density at radius 2 is 1.43 bits per heavy atom. The summed E-state index contributed by atoms with van der Waals surface area (Å²) in [6.45, 7) is 0. The zero-order valence-electron chi connectivity index (χ0n) is 12.0. The molecule has 0 fully saturated rings. The van der Waals surface area contributed by atoms with Gasteiger partial charge in [-0.1, -0.05) is 53.5 Å². The van der Waals surface area contributed by atoms with E-state index in [0.717, 1.165) is 26.0 Å². The van der Waals surface area contributed by atoms with E-state index in [-0.39, 0.29) is 0 Å². The molecule has 0 amide bonds. The Morgan fingerprint density at radius 1 is 0.783 bits per heavy atom. The first kappa shape index (κ1) is 15.5. The maximum Gasteiger partial charge on any atom is 0.225 e. The Kier molecular flexibility index (Phi) is 4.60. The summed E-state index contributed by atoms with van der Waals surface area (Å²) >= 11 is 11.8. The summed E-state index contributed by atoms with van der Waals surface area (Å²) in [6.07, 6.45) is 3.12. The molecule has 0 aliphatic carbocycles. The fourth-order valence-corrected chi connectivity index (χ4v) is 2.66. The number of benzene rings is 2. The summed E-state index contributed by atoms with van der Waals surface area (Å²) in [5.74, 6) is 0. The third kappa shape index (κ3) is 3.36. The van der Waals surface area contributed by atoms with Gasteiger partial charge in [0.2, 0.25) is 5.52 Å². The minimum absolute atomic E-state index is 0.602. The predicted molar refractivity (Wildman–Crippen MR) is 94.7 cm³/mol. The molecule has 5 heteroatoms. The van der Waals surface area contributed by atoms with Crippen LogP contribution in [0.2, 0.25) is 10.0 Å². The summed E-state index contributed by atoms with van der Waals surface area (Å²) in [7, 11) is 0. The van der Waals surface area contributed by atoms with Gasteiger partial charge >= 0.3 is 0 Å². The Balaban J connectivity index is 0.000000136. The van der Waals surface area contributed by atoms with Crippen molar-refractivity contribution in [3.8, 4) is 0 Å². The van der Waals surface area contributed by atoms with Crippen LogP contribution in [0.25, 0.3) is 21.8 Å². The second kappa shape index (κ2) is 6.82. The molecule has 2 aromatic carbocycles. The molecular formula is C18H12Cl2N2O. The average molecular weight is 343 g/mol. The summed E-state index contributed by atoms with van der Waals surface area (Å²) in [6, 6.07) is 18.4. The van der Waals surface area contributed by atoms with E-state index in [0.29, 0.717) is 10.5 Å². The molecule has 2 aromatic heterocycles. The van der Waals surface area contributed by atoms with Crippen LogP contribution in [0.15, 0.2) is 73.1 Å². The van der Waals surface area contributed by atoms with Crippen molar-refractivity contribution in [3.05, 3.63) is 88.3 Å². The molecule has 0 radical (unpaired) electrons. The highest BCUT2D eigenvalue weighted by Gasteiger charge is 2.04. The van der Waals surface area contributed by atoms with Gasteiger partial charge in [-0.25, -0.2) is 0 Å². The Morgan fingerprint density at radius 3 is 2.17 bits per heavy atom. The van der Waals surface area contributed by atoms with E-state index in [1.54, 1.807) is 24.4 Å². The third-order valence-electron chi connectivity index (χ3n) is 3.35. The van der Waals surface area contributed by atoms with Crippen molar-refractivity contribution in [1.29, 1.82) is 0 Å². The lowest BCUT2D eigenvalue weighted by Crippen LogP contribution is -2.25. The number of halogens is 2. The second-order valence-corrected chi connectivity index (χ2v) is 5.63. The lowest BCUT2D eigenvalue weighted by molar-refractivity contribution is -0.577. The largest absolute Gasteiger partial charge is 0.618 e. The van der Waals surface area contributed by atoms with Crippen LogP contribution in [0.4, 0.5) is 0 Å². The lowest BCUT2D eigenvalue weighted by Gasteiger charge is -2.01. The summed E-state index contributed by atoms with van der Waals surface area (Å²) < 4.78 is 0.807. The number of nitrogens with zero attached hydrogens (tertiary/aromatic N) is 2. The standard InChI is InChI=1S/C9H6ClNO.C9H6ClN/c10-8-5-6-11(12)9-4-2-1-3-7(8)9;10-8-5-6-11-9-4-2-1-3-7(8)9/h1-6H;1-6H. The number of aromatic nitrogens is 2. The number of para-hydroxylation sites is 2. The van der Waals surface area contributed by atoms with Crippen molar-refractivity contribution in [2.75, 3.05) is 0 Å². The number of pyridine rings is 2. The third-order valence-corrected chi connectivity index (χ3v) is 4.01. The molecule has 23 heavy (non-hydrogen) atoms. The molecule has 3 nitrogen and oxygen atoms in total. The molecule has 114 valence electrons. The van der Waals surface area contributed by atoms with E-state index in [9.17, 15) is 5.21 Å². The van der Waals surface area contributed by atoms with E-state index < -0.39 is 0 Å². The summed E-state index contributed by atoms with van der Waals surface area (Å²) in [5, 5.41) is 14.4. The minimum atomic E-state index is 0.602. The van der Waals surface area contributed by atoms with Gasteiger partial charge in [0.05, 0.1) is 20.9 Å². The van der Waals surface area contributed by atoms with Crippen LogP contribution in [0, 0.1) is 5.21 Å². The smallest absolute Gasteiger partial charge is 0.225 e. The normalized spacial score (nSPS) is 10.3. The first-order valence-corrected chi connectivity index (χ1v) is 7.68. The van der Waals surface area contributed by atoms with E-state index in [2.05, 4.69) is 4.98 Å². The molecule has 0 N–H and O–H groups in total. The molecule has 0 saturated carbocycles. The van der Waals surface area contributed by atoms with E-state index in [1.807, 2.05) is 42.5 Å². The first-order valence-electron chi connectivity index (χ1n) is 6.92. The van der Waals surface area contributed by atoms with Gasteiger partial charge in [-0.3, -0.25) is 4.98 Å². The highest BCUT2D eigenvalue weighted by atomic mass is 35.5. The van der Waals surface area contributed by atoms with E-state index in [1.165, 1.54) is 6.20 Å². The fraction of sp³-hybridized carbons (Fsp3) is 0. The monoisotopic (exact) mass is 342 g/mol. The highest BCUT2D eigenvalue weighted by molar-refractivity contribution is 6.35. The Labute approximate surface area is 143 Å². The van der Waals surface area contributed by atoms with Crippen LogP contribution < -0.4 is 4.73 Å². The van der Waals surface area contributed by atoms with Gasteiger partial charge in [-0.15, -0.1) is 0 Å². The van der Waals surface area contributed by atoms with E-state index >= 15 is 0 Å². The second-order valence-electron chi connectivity index (χ2n) is 4.82. The lowest BCUT2D eigenvalue weighted by atomic mass is 10.2. The summed E-state index contributed by atoms with van der Waals surface area (Å²) in [5.41, 5.74) is 1.55. The van der Waals surface area contributed by atoms with Crippen LogP contribution in [-0.2, 0) is 0 Å². The molecule has 4 rings (SSSR count). The average Bonchev–Trinajstić information content (AvgIpc) is 2.60. The first-order chi connectivity index (χ1) is 11.2. The van der Waals surface area contributed by atoms with Crippen molar-refractivity contribution in [1.82, 2.24) is 4.98 Å². The van der Waals surface area contributed by atoms with Gasteiger partial charge in [0.15, 0.2) is 6.20 Å². The molecular weight excluding hydrogens is 331 g/mol. The highest BCUT2D eigenvalue weighted by Crippen LogP contribution is 2.20. The Bertz CT molecular complexity index is 927. The quantitative estimate of drug-likeness (QED) is 0.332. The molecule has 0 spiro atoms. The van der Waals surface area contributed by atoms with Crippen LogP contribution >= 0.6 is 23.2 Å². The van der Waals surface area contributed by atoms with Crippen LogP contribution in [0.5, 0.6) is 0 Å². The number of rotatable bonds is 0. The maximum atomic E-state index is 11.2. The van der Waals surface area contributed by atoms with Gasteiger partial charge in [0.1, 0.15) is 0 Å². The minimum Gasteiger partial charge on any atom is -0.618 e. The maximum absolute atomic E-state index is 11.2. The Hall–Kier alpha value is -2.36. The molecule has 0 aliphatic heterocycles. The van der Waals surface area contributed by atoms with Crippen LogP contribution in [0.1, 0.15) is 0 Å². The number of hydrogen-bond acceptors (Lipinski definition) is 2. The van der Waals surface area contributed by atoms with Crippen molar-refractivity contribution in [2.45, 2.75) is 0 Å². The zero-order valence-corrected chi connectivity index (χ0v) is 13.5. The molecule has 0 aliphatic rings. The number of hydrogen-bond donors (Lipinski definition) is 0. The van der Waals surface area contributed by atoms with Crippen molar-refractivity contribution < 1.29 is 4.73 Å². The molecule has 4 aromatic rings. The van der Waals surface area contributed by atoms with Crippen LogP contribution in [-0.4, -0.2) is 4.98 Å². The van der Waals surface area contributed by atoms with Gasteiger partial charge < -0.3 is 5.21 Å². The van der Waals surface area contributed by atoms with Gasteiger partial charge in [-0.05, 0) is 18.2 Å². The van der Waals surface area contributed by atoms with Gasteiger partial charge in [0.25, 0.3) is 0 Å². The molecule has 0 bridgehead atoms. The molecule has 0 saturated heterocycles. The van der Waals surface area contributed by atoms with Crippen molar-refractivity contribution >= 4 is 45.0 Å². The summed E-state index contributed by atoms with van der Waals surface area (Å²) in [4.78, 5) is 4.16. The number of fused-ring (bicyclic) bond motifs is 2. The molecule has 0 unspecified atom stereocenters. The SMILES string of the molecule is Clc1ccnc2ccccc12.[O-][n+]1ccc(Cl)c2ccccc21. The van der Waals surface area contributed by atoms with E-state index in [4.69, 9.17) is 23.2 Å². The van der Waals surface area contributed by atoms with Gasteiger partial charge in [-0.2, -0.15) is 4.73 Å². The van der Waals surface area contributed by atoms with Crippen molar-refractivity contribution in [2.24, 2.45) is 0 Å². The van der Waals surface area contributed by atoms with Gasteiger partial charge in [0, 0.05) is 23.7 Å². The van der Waals surface area contributed by atoms with Crippen molar-refractivity contribution in [3.63, 3.8) is 0 Å². The predicted octanol–water partition coefficient (Wildman–Crippen LogP) is 5.01. The zero-order chi connectivity index (χ0) is 16.2. The topological polar surface area (TPSA) is 39.8 Å². The molecule has 2 heterocycles. The van der Waals surface area contributed by atoms with Crippen LogP contribution in [0.3, 0.4) is 0 Å². The molecule has 0 atom stereocenters. The fourth-order valence-electron chi connectivity index (χ4n) is 2.23.